The SMILES string of the molecule is CCCCCCCCCCCCCCCCCCCCCCCCC(=O)O[C@H](COC(=O)CCCCCCCCCCCCCCCCC(C)CC)COP(=O)(O)OC[C@@H](O)COP(=O)(O)OC[C@@H](COC(=O)CCCCCCCCCCCCCCC)OC(=O)CCCCCCCCCCCCCCCCCCC. The van der Waals surface area contributed by atoms with Crippen molar-refractivity contribution in [3.8, 4) is 0 Å². The zero-order valence-electron chi connectivity index (χ0n) is 72.4. The molecule has 654 valence electrons. The van der Waals surface area contributed by atoms with Crippen LogP contribution in [0.4, 0.5) is 0 Å². The molecule has 0 aliphatic carbocycles. The molecular formula is C91H178O17P2. The fraction of sp³-hybridized carbons (Fsp3) is 0.956. The number of carbonyl (C=O) groups excluding carboxylic acids is 4. The quantitative estimate of drug-likeness (QED) is 0.0222. The van der Waals surface area contributed by atoms with Crippen molar-refractivity contribution in [2.75, 3.05) is 39.6 Å². The number of aliphatic hydroxyl groups excluding tert-OH is 1. The van der Waals surface area contributed by atoms with Crippen molar-refractivity contribution in [2.24, 2.45) is 5.92 Å². The van der Waals surface area contributed by atoms with Gasteiger partial charge < -0.3 is 33.8 Å². The number of hydrogen-bond acceptors (Lipinski definition) is 15. The first-order chi connectivity index (χ1) is 53.6. The standard InChI is InChI=1S/C91H178O17P2/c1-6-10-13-16-19-22-25-28-30-32-33-34-35-36-38-40-47-52-57-62-67-72-77-91(96)108-87(81-102-89(94)75-70-65-60-55-50-45-42-41-44-48-53-58-63-68-73-84(5)9-4)83-106-110(99,100)104-79-85(92)78-103-109(97,98)105-82-86(80-101-88(93)74-69-64-59-54-49-43-27-24-21-18-15-12-8-3)107-90(95)76-71-66-61-56-51-46-39-37-31-29-26-23-20-17-14-11-7-2/h84-87,92H,6-83H2,1-5H3,(H,97,98)(H,99,100)/t84?,85-,86+,87+/m0/s1. The zero-order chi connectivity index (χ0) is 80.4. The number of esters is 4. The van der Waals surface area contributed by atoms with E-state index >= 15 is 0 Å². The molecule has 3 unspecified atom stereocenters. The number of ether oxygens (including phenoxy) is 4. The molecule has 19 heteroatoms. The third kappa shape index (κ3) is 82.6. The molecule has 110 heavy (non-hydrogen) atoms. The molecule has 0 bridgehead atoms. The van der Waals surface area contributed by atoms with Gasteiger partial charge in [0.25, 0.3) is 0 Å². The van der Waals surface area contributed by atoms with Gasteiger partial charge in [-0.3, -0.25) is 37.3 Å². The van der Waals surface area contributed by atoms with E-state index in [0.29, 0.717) is 25.7 Å². The van der Waals surface area contributed by atoms with Crippen molar-refractivity contribution in [2.45, 2.75) is 515 Å². The van der Waals surface area contributed by atoms with Crippen LogP contribution in [-0.2, 0) is 65.4 Å². The summed E-state index contributed by atoms with van der Waals surface area (Å²) in [6.45, 7) is 7.46. The molecule has 0 amide bonds. The summed E-state index contributed by atoms with van der Waals surface area (Å²) in [6, 6.07) is 0. The molecule has 0 aromatic rings. The molecule has 0 rings (SSSR count). The van der Waals surface area contributed by atoms with E-state index in [4.69, 9.17) is 37.0 Å². The molecule has 0 saturated heterocycles. The summed E-state index contributed by atoms with van der Waals surface area (Å²) < 4.78 is 69.1. The van der Waals surface area contributed by atoms with Gasteiger partial charge in [-0.25, -0.2) is 9.13 Å². The molecular weight excluding hydrogens is 1430 g/mol. The summed E-state index contributed by atoms with van der Waals surface area (Å²) >= 11 is 0. The molecule has 0 spiro atoms. The van der Waals surface area contributed by atoms with E-state index in [1.165, 1.54) is 321 Å². The Bertz CT molecular complexity index is 2080. The van der Waals surface area contributed by atoms with E-state index in [1.807, 2.05) is 0 Å². The maximum absolute atomic E-state index is 13.2. The maximum atomic E-state index is 13.2. The highest BCUT2D eigenvalue weighted by atomic mass is 31.2. The van der Waals surface area contributed by atoms with Crippen molar-refractivity contribution in [1.29, 1.82) is 0 Å². The fourth-order valence-electron chi connectivity index (χ4n) is 14.3. The van der Waals surface area contributed by atoms with Gasteiger partial charge >= 0.3 is 39.5 Å². The van der Waals surface area contributed by atoms with Gasteiger partial charge in [0.1, 0.15) is 19.3 Å². The Hall–Kier alpha value is -1.94. The number of hydrogen-bond donors (Lipinski definition) is 3. The van der Waals surface area contributed by atoms with Crippen LogP contribution >= 0.6 is 15.6 Å². The number of rotatable bonds is 91. The predicted molar refractivity (Wildman–Crippen MR) is 455 cm³/mol. The van der Waals surface area contributed by atoms with Crippen LogP contribution in [0.25, 0.3) is 0 Å². The second-order valence-electron chi connectivity index (χ2n) is 32.9. The second-order valence-corrected chi connectivity index (χ2v) is 35.8. The Balaban J connectivity index is 5.25. The van der Waals surface area contributed by atoms with Crippen molar-refractivity contribution in [3.63, 3.8) is 0 Å². The molecule has 3 N–H and O–H groups in total. The van der Waals surface area contributed by atoms with Crippen LogP contribution in [0, 0.1) is 5.92 Å². The Kier molecular flexibility index (Phi) is 82.1. The molecule has 0 radical (unpaired) electrons. The van der Waals surface area contributed by atoms with Crippen LogP contribution in [0.15, 0.2) is 0 Å². The van der Waals surface area contributed by atoms with E-state index in [1.54, 1.807) is 0 Å². The highest BCUT2D eigenvalue weighted by Gasteiger charge is 2.31. The minimum atomic E-state index is -4.97. The van der Waals surface area contributed by atoms with Crippen molar-refractivity contribution in [3.05, 3.63) is 0 Å². The first-order valence-corrected chi connectivity index (χ1v) is 50.2. The van der Waals surface area contributed by atoms with Crippen LogP contribution in [0.3, 0.4) is 0 Å². The minimum absolute atomic E-state index is 0.109. The molecule has 6 atom stereocenters. The lowest BCUT2D eigenvalue weighted by atomic mass is 9.99. The molecule has 0 heterocycles. The van der Waals surface area contributed by atoms with E-state index in [-0.39, 0.29) is 25.7 Å². The van der Waals surface area contributed by atoms with Crippen LogP contribution in [0.5, 0.6) is 0 Å². The number of phosphoric ester groups is 2. The minimum Gasteiger partial charge on any atom is -0.462 e. The lowest BCUT2D eigenvalue weighted by Crippen LogP contribution is -2.30. The van der Waals surface area contributed by atoms with Gasteiger partial charge in [0.05, 0.1) is 26.4 Å². The zero-order valence-corrected chi connectivity index (χ0v) is 74.2. The van der Waals surface area contributed by atoms with Gasteiger partial charge in [0.15, 0.2) is 12.2 Å². The van der Waals surface area contributed by atoms with Gasteiger partial charge in [-0.1, -0.05) is 446 Å². The van der Waals surface area contributed by atoms with Crippen LogP contribution in [0.2, 0.25) is 0 Å². The summed E-state index contributed by atoms with van der Waals surface area (Å²) in [4.78, 5) is 73.4. The molecule has 17 nitrogen and oxygen atoms in total. The average Bonchev–Trinajstić information content (AvgIpc) is 0.897. The number of carbonyl (C=O) groups is 4. The highest BCUT2D eigenvalue weighted by molar-refractivity contribution is 7.47. The molecule has 0 aromatic heterocycles. The van der Waals surface area contributed by atoms with Crippen LogP contribution in [0.1, 0.15) is 497 Å². The van der Waals surface area contributed by atoms with Crippen LogP contribution in [-0.4, -0.2) is 96.7 Å². The van der Waals surface area contributed by atoms with E-state index in [0.717, 1.165) is 95.8 Å². The molecule has 0 saturated carbocycles. The van der Waals surface area contributed by atoms with Crippen LogP contribution < -0.4 is 0 Å². The number of phosphoric acid groups is 2. The molecule has 0 fully saturated rings. The topological polar surface area (TPSA) is 237 Å². The highest BCUT2D eigenvalue weighted by Crippen LogP contribution is 2.45. The van der Waals surface area contributed by atoms with E-state index < -0.39 is 97.5 Å². The fourth-order valence-corrected chi connectivity index (χ4v) is 15.9. The molecule has 0 aliphatic rings. The van der Waals surface area contributed by atoms with Crippen molar-refractivity contribution >= 4 is 39.5 Å². The summed E-state index contributed by atoms with van der Waals surface area (Å²) in [5.41, 5.74) is 0. The Morgan fingerprint density at radius 2 is 0.436 bits per heavy atom. The second kappa shape index (κ2) is 83.5. The predicted octanol–water partition coefficient (Wildman–Crippen LogP) is 28.3. The van der Waals surface area contributed by atoms with Crippen molar-refractivity contribution < 1.29 is 80.2 Å². The molecule has 0 aromatic carbocycles. The largest absolute Gasteiger partial charge is 0.472 e. The Morgan fingerprint density at radius 1 is 0.255 bits per heavy atom. The van der Waals surface area contributed by atoms with Gasteiger partial charge in [0, 0.05) is 25.7 Å². The average molecular weight is 1610 g/mol. The van der Waals surface area contributed by atoms with Gasteiger partial charge in [-0.05, 0) is 31.6 Å². The van der Waals surface area contributed by atoms with Gasteiger partial charge in [-0.15, -0.1) is 0 Å². The maximum Gasteiger partial charge on any atom is 0.472 e. The summed E-state index contributed by atoms with van der Waals surface area (Å²) in [7, 11) is -9.94. The molecule has 0 aliphatic heterocycles. The first kappa shape index (κ1) is 108. The number of aliphatic hydroxyl groups is 1. The summed E-state index contributed by atoms with van der Waals surface area (Å²) in [5.74, 6) is -1.24. The Morgan fingerprint density at radius 3 is 0.645 bits per heavy atom. The lowest BCUT2D eigenvalue weighted by Gasteiger charge is -2.21. The summed E-state index contributed by atoms with van der Waals surface area (Å²) in [5, 5.41) is 10.7. The van der Waals surface area contributed by atoms with Crippen molar-refractivity contribution in [1.82, 2.24) is 0 Å². The third-order valence-electron chi connectivity index (χ3n) is 21.9. The Labute approximate surface area is 677 Å². The van der Waals surface area contributed by atoms with E-state index in [2.05, 4.69) is 34.6 Å². The lowest BCUT2D eigenvalue weighted by molar-refractivity contribution is -0.161. The normalized spacial score (nSPS) is 13.9. The number of unbranched alkanes of at least 4 members (excludes halogenated alkanes) is 62. The first-order valence-electron chi connectivity index (χ1n) is 47.2. The smallest absolute Gasteiger partial charge is 0.462 e. The third-order valence-corrected chi connectivity index (χ3v) is 23.8. The van der Waals surface area contributed by atoms with E-state index in [9.17, 15) is 43.2 Å². The van der Waals surface area contributed by atoms with Gasteiger partial charge in [0.2, 0.25) is 0 Å². The van der Waals surface area contributed by atoms with Gasteiger partial charge in [-0.2, -0.15) is 0 Å². The monoisotopic (exact) mass is 1610 g/mol. The summed E-state index contributed by atoms with van der Waals surface area (Å²) in [6.07, 6.45) is 79.1.